The molecule has 1 aromatic heterocycles. The number of rotatable bonds is 6. The van der Waals surface area contributed by atoms with Crippen LogP contribution in [0.15, 0.2) is 36.4 Å². The van der Waals surface area contributed by atoms with Gasteiger partial charge >= 0.3 is 0 Å². The van der Waals surface area contributed by atoms with Crippen molar-refractivity contribution in [2.45, 2.75) is 44.7 Å². The minimum Gasteiger partial charge on any atom is -0.493 e. The standard InChI is InChI=1S/C28H30N4O4/c1-35-23-12-18-11-22-25(21(18)13-24(23)36-2)30-31-26(22)27(33)29-19-9-7-16(8-10-19)14-32-15-17-5-3-4-6-20(17)28(32)34/h3-6,12-13,16,19H,7-11,14-15H2,1-2H3,(H,29,33)(H,30,31). The van der Waals surface area contributed by atoms with Crippen molar-refractivity contribution in [2.24, 2.45) is 5.92 Å². The van der Waals surface area contributed by atoms with Crippen LogP contribution in [-0.4, -0.2) is 53.7 Å². The van der Waals surface area contributed by atoms with Gasteiger partial charge in [0, 0.05) is 42.2 Å². The van der Waals surface area contributed by atoms with Gasteiger partial charge in [-0.15, -0.1) is 0 Å². The number of amides is 2. The van der Waals surface area contributed by atoms with E-state index in [9.17, 15) is 9.59 Å². The molecule has 2 amide bonds. The van der Waals surface area contributed by atoms with Gasteiger partial charge in [-0.3, -0.25) is 14.7 Å². The number of nitrogens with one attached hydrogen (secondary N) is 2. The number of benzene rings is 2. The average Bonchev–Trinajstić information content (AvgIpc) is 3.56. The van der Waals surface area contributed by atoms with Crippen molar-refractivity contribution in [3.63, 3.8) is 0 Å². The van der Waals surface area contributed by atoms with Crippen LogP contribution in [0, 0.1) is 5.92 Å². The van der Waals surface area contributed by atoms with Gasteiger partial charge in [0.05, 0.1) is 19.9 Å². The third kappa shape index (κ3) is 3.81. The average molecular weight is 487 g/mol. The first-order valence-electron chi connectivity index (χ1n) is 12.6. The van der Waals surface area contributed by atoms with E-state index in [4.69, 9.17) is 9.47 Å². The zero-order valence-corrected chi connectivity index (χ0v) is 20.6. The highest BCUT2D eigenvalue weighted by atomic mass is 16.5. The van der Waals surface area contributed by atoms with Crippen LogP contribution in [0.5, 0.6) is 11.5 Å². The van der Waals surface area contributed by atoms with Gasteiger partial charge in [-0.25, -0.2) is 0 Å². The molecular formula is C28H30N4O4. The predicted octanol–water partition coefficient (Wildman–Crippen LogP) is 3.94. The molecule has 36 heavy (non-hydrogen) atoms. The number of carbonyl (C=O) groups excluding carboxylic acids is 2. The molecule has 2 aromatic carbocycles. The monoisotopic (exact) mass is 486 g/mol. The SMILES string of the molecule is COc1cc2c(cc1OC)-c1n[nH]c(C(=O)NC3CCC(CN4Cc5ccccc5C4=O)CC3)c1C2. The zero-order chi connectivity index (χ0) is 24.8. The fourth-order valence-electron chi connectivity index (χ4n) is 5.95. The summed E-state index contributed by atoms with van der Waals surface area (Å²) in [6.07, 6.45) is 4.45. The van der Waals surface area contributed by atoms with Gasteiger partial charge in [0.25, 0.3) is 11.8 Å². The van der Waals surface area contributed by atoms with E-state index in [0.717, 1.165) is 65.7 Å². The quantitative estimate of drug-likeness (QED) is 0.430. The van der Waals surface area contributed by atoms with Crippen LogP contribution in [0.4, 0.5) is 0 Å². The molecule has 2 heterocycles. The molecule has 6 rings (SSSR count). The van der Waals surface area contributed by atoms with Gasteiger partial charge in [0.1, 0.15) is 5.69 Å². The van der Waals surface area contributed by atoms with E-state index in [1.165, 1.54) is 0 Å². The Balaban J connectivity index is 1.06. The van der Waals surface area contributed by atoms with E-state index >= 15 is 0 Å². The van der Waals surface area contributed by atoms with E-state index in [1.807, 2.05) is 41.3 Å². The molecule has 0 radical (unpaired) electrons. The molecule has 2 N–H and O–H groups in total. The molecule has 0 unspecified atom stereocenters. The largest absolute Gasteiger partial charge is 0.493 e. The van der Waals surface area contributed by atoms with E-state index in [1.54, 1.807) is 14.2 Å². The Morgan fingerprint density at radius 2 is 1.81 bits per heavy atom. The number of hydrogen-bond acceptors (Lipinski definition) is 5. The summed E-state index contributed by atoms with van der Waals surface area (Å²) >= 11 is 0. The lowest BCUT2D eigenvalue weighted by atomic mass is 9.85. The Bertz CT molecular complexity index is 1340. The third-order valence-electron chi connectivity index (χ3n) is 7.88. The second kappa shape index (κ2) is 9.00. The number of nitrogens with zero attached hydrogens (tertiary/aromatic N) is 2. The Labute approximate surface area is 210 Å². The lowest BCUT2D eigenvalue weighted by Gasteiger charge is -2.31. The number of carbonyl (C=O) groups is 2. The number of fused-ring (bicyclic) bond motifs is 4. The topological polar surface area (TPSA) is 96.6 Å². The smallest absolute Gasteiger partial charge is 0.269 e. The summed E-state index contributed by atoms with van der Waals surface area (Å²) in [6.45, 7) is 1.49. The molecule has 0 atom stereocenters. The summed E-state index contributed by atoms with van der Waals surface area (Å²) in [6, 6.07) is 11.9. The van der Waals surface area contributed by atoms with Gasteiger partial charge in [0.2, 0.25) is 0 Å². The predicted molar refractivity (Wildman–Crippen MR) is 134 cm³/mol. The first-order valence-corrected chi connectivity index (χ1v) is 12.6. The summed E-state index contributed by atoms with van der Waals surface area (Å²) < 4.78 is 10.9. The molecule has 186 valence electrons. The molecule has 8 nitrogen and oxygen atoms in total. The van der Waals surface area contributed by atoms with Gasteiger partial charge in [-0.05, 0) is 60.9 Å². The summed E-state index contributed by atoms with van der Waals surface area (Å²) in [5.41, 5.74) is 6.25. The normalized spacial score (nSPS) is 20.1. The van der Waals surface area contributed by atoms with Crippen LogP contribution in [0.2, 0.25) is 0 Å². The number of H-pyrrole nitrogens is 1. The molecule has 3 aliphatic rings. The molecule has 1 fully saturated rings. The summed E-state index contributed by atoms with van der Waals surface area (Å²) in [5, 5.41) is 10.6. The van der Waals surface area contributed by atoms with E-state index in [-0.39, 0.29) is 17.9 Å². The Morgan fingerprint density at radius 1 is 1.06 bits per heavy atom. The van der Waals surface area contributed by atoms with Crippen LogP contribution < -0.4 is 14.8 Å². The highest BCUT2D eigenvalue weighted by molar-refractivity contribution is 5.98. The van der Waals surface area contributed by atoms with Crippen LogP contribution in [0.25, 0.3) is 11.3 Å². The van der Waals surface area contributed by atoms with Crippen LogP contribution in [0.3, 0.4) is 0 Å². The molecule has 8 heteroatoms. The number of hydrogen-bond donors (Lipinski definition) is 2. The molecule has 2 aliphatic carbocycles. The number of aromatic amines is 1. The Hall–Kier alpha value is -3.81. The van der Waals surface area contributed by atoms with Crippen LogP contribution >= 0.6 is 0 Å². The molecule has 1 aliphatic heterocycles. The van der Waals surface area contributed by atoms with Crippen molar-refractivity contribution in [3.8, 4) is 22.8 Å². The highest BCUT2D eigenvalue weighted by Crippen LogP contribution is 2.42. The summed E-state index contributed by atoms with van der Waals surface area (Å²) in [4.78, 5) is 27.9. The maximum absolute atomic E-state index is 13.2. The lowest BCUT2D eigenvalue weighted by Crippen LogP contribution is -2.40. The molecule has 0 saturated heterocycles. The zero-order valence-electron chi connectivity index (χ0n) is 20.6. The van der Waals surface area contributed by atoms with Gasteiger partial charge in [-0.1, -0.05) is 18.2 Å². The van der Waals surface area contributed by atoms with Crippen molar-refractivity contribution in [1.82, 2.24) is 20.4 Å². The van der Waals surface area contributed by atoms with Crippen molar-refractivity contribution in [3.05, 3.63) is 64.3 Å². The Morgan fingerprint density at radius 3 is 2.56 bits per heavy atom. The van der Waals surface area contributed by atoms with Crippen LogP contribution in [0.1, 0.15) is 63.2 Å². The molecule has 1 saturated carbocycles. The molecule has 0 bridgehead atoms. The second-order valence-corrected chi connectivity index (χ2v) is 10.0. The van der Waals surface area contributed by atoms with Crippen molar-refractivity contribution < 1.29 is 19.1 Å². The van der Waals surface area contributed by atoms with E-state index in [2.05, 4.69) is 15.5 Å². The number of methoxy groups -OCH3 is 2. The fourth-order valence-corrected chi connectivity index (χ4v) is 5.95. The summed E-state index contributed by atoms with van der Waals surface area (Å²) in [7, 11) is 3.23. The second-order valence-electron chi connectivity index (χ2n) is 10.0. The van der Waals surface area contributed by atoms with Crippen molar-refractivity contribution in [2.75, 3.05) is 20.8 Å². The van der Waals surface area contributed by atoms with E-state index < -0.39 is 0 Å². The van der Waals surface area contributed by atoms with Gasteiger partial charge in [0.15, 0.2) is 11.5 Å². The molecule has 0 spiro atoms. The highest BCUT2D eigenvalue weighted by Gasteiger charge is 2.33. The fraction of sp³-hybridized carbons (Fsp3) is 0.393. The summed E-state index contributed by atoms with van der Waals surface area (Å²) in [5.74, 6) is 1.82. The third-order valence-corrected chi connectivity index (χ3v) is 7.88. The lowest BCUT2D eigenvalue weighted by molar-refractivity contribution is 0.0732. The first-order chi connectivity index (χ1) is 17.6. The van der Waals surface area contributed by atoms with Crippen LogP contribution in [-0.2, 0) is 13.0 Å². The number of aromatic nitrogens is 2. The first kappa shape index (κ1) is 22.6. The molecular weight excluding hydrogens is 456 g/mol. The number of ether oxygens (including phenoxy) is 2. The van der Waals surface area contributed by atoms with Gasteiger partial charge < -0.3 is 19.7 Å². The minimum absolute atomic E-state index is 0.107. The maximum Gasteiger partial charge on any atom is 0.269 e. The van der Waals surface area contributed by atoms with Gasteiger partial charge in [-0.2, -0.15) is 5.10 Å². The van der Waals surface area contributed by atoms with Crippen molar-refractivity contribution in [1.29, 1.82) is 0 Å². The van der Waals surface area contributed by atoms with Crippen molar-refractivity contribution >= 4 is 11.8 Å². The van der Waals surface area contributed by atoms with E-state index in [0.29, 0.717) is 36.1 Å². The minimum atomic E-state index is -0.107. The Kier molecular flexibility index (Phi) is 5.66. The maximum atomic E-state index is 13.2. The molecule has 3 aromatic rings.